The molecule has 112 valence electrons. The molecule has 3 nitrogen and oxygen atoms in total. The van der Waals surface area contributed by atoms with Crippen LogP contribution in [0.2, 0.25) is 0 Å². The lowest BCUT2D eigenvalue weighted by molar-refractivity contribution is -0.119. The van der Waals surface area contributed by atoms with Gasteiger partial charge in [0, 0.05) is 24.8 Å². The van der Waals surface area contributed by atoms with E-state index in [0.29, 0.717) is 11.7 Å². The lowest BCUT2D eigenvalue weighted by Gasteiger charge is -2.25. The van der Waals surface area contributed by atoms with Crippen molar-refractivity contribution in [3.05, 3.63) is 29.8 Å². The molecule has 1 saturated carbocycles. The first kappa shape index (κ1) is 15.1. The third kappa shape index (κ3) is 5.02. The minimum Gasteiger partial charge on any atom is -0.395 e. The monoisotopic (exact) mass is 288 g/mol. The Kier molecular flexibility index (Phi) is 4.88. The van der Waals surface area contributed by atoms with Gasteiger partial charge in [-0.2, -0.15) is 13.2 Å². The molecule has 1 aliphatic rings. The first-order valence-electron chi connectivity index (χ1n) is 6.73. The SMILES string of the molecule is OCCN(CC(F)(F)F)c1ccc(CNC2CC2)cc1. The molecule has 0 atom stereocenters. The fourth-order valence-electron chi connectivity index (χ4n) is 2.01. The van der Waals surface area contributed by atoms with E-state index in [9.17, 15) is 13.2 Å². The summed E-state index contributed by atoms with van der Waals surface area (Å²) in [4.78, 5) is 1.14. The van der Waals surface area contributed by atoms with Crippen LogP contribution in [0.3, 0.4) is 0 Å². The van der Waals surface area contributed by atoms with Crippen LogP contribution in [-0.4, -0.2) is 37.0 Å². The summed E-state index contributed by atoms with van der Waals surface area (Å²) in [6.07, 6.45) is -1.87. The molecular weight excluding hydrogens is 269 g/mol. The molecule has 2 N–H and O–H groups in total. The van der Waals surface area contributed by atoms with Gasteiger partial charge in [0.2, 0.25) is 0 Å². The Labute approximate surface area is 116 Å². The molecule has 0 saturated heterocycles. The molecule has 0 aliphatic heterocycles. The predicted octanol–water partition coefficient (Wildman–Crippen LogP) is 2.30. The maximum absolute atomic E-state index is 12.5. The predicted molar refractivity (Wildman–Crippen MR) is 71.7 cm³/mol. The van der Waals surface area contributed by atoms with Crippen molar-refractivity contribution in [2.75, 3.05) is 24.6 Å². The Bertz CT molecular complexity index is 415. The summed E-state index contributed by atoms with van der Waals surface area (Å²) >= 11 is 0. The molecule has 0 bridgehead atoms. The molecule has 0 amide bonds. The van der Waals surface area contributed by atoms with Crippen LogP contribution in [0.25, 0.3) is 0 Å². The highest BCUT2D eigenvalue weighted by molar-refractivity contribution is 5.47. The number of alkyl halides is 3. The van der Waals surface area contributed by atoms with Crippen LogP contribution in [0.4, 0.5) is 18.9 Å². The Morgan fingerprint density at radius 3 is 2.35 bits per heavy atom. The van der Waals surface area contributed by atoms with E-state index in [2.05, 4.69) is 5.32 Å². The number of aliphatic hydroxyl groups excluding tert-OH is 1. The van der Waals surface area contributed by atoms with Gasteiger partial charge in [0.1, 0.15) is 6.54 Å². The van der Waals surface area contributed by atoms with E-state index in [4.69, 9.17) is 5.11 Å². The van der Waals surface area contributed by atoms with E-state index < -0.39 is 12.7 Å². The van der Waals surface area contributed by atoms with Crippen molar-refractivity contribution in [3.8, 4) is 0 Å². The van der Waals surface area contributed by atoms with Gasteiger partial charge in [-0.3, -0.25) is 0 Å². The Hall–Kier alpha value is -1.27. The molecule has 0 heterocycles. The van der Waals surface area contributed by atoms with Gasteiger partial charge in [0.25, 0.3) is 0 Å². The number of hydrogen-bond acceptors (Lipinski definition) is 3. The number of halogens is 3. The van der Waals surface area contributed by atoms with Crippen LogP contribution in [0.15, 0.2) is 24.3 Å². The number of rotatable bonds is 7. The van der Waals surface area contributed by atoms with E-state index in [0.717, 1.165) is 17.0 Å². The summed E-state index contributed by atoms with van der Waals surface area (Å²) in [5.74, 6) is 0. The Balaban J connectivity index is 1.96. The van der Waals surface area contributed by atoms with Gasteiger partial charge < -0.3 is 15.3 Å². The number of anilines is 1. The lowest BCUT2D eigenvalue weighted by Crippen LogP contribution is -2.36. The van der Waals surface area contributed by atoms with Crippen LogP contribution in [0.5, 0.6) is 0 Å². The second kappa shape index (κ2) is 6.45. The molecule has 6 heteroatoms. The number of nitrogens with one attached hydrogen (secondary N) is 1. The van der Waals surface area contributed by atoms with Crippen LogP contribution >= 0.6 is 0 Å². The highest BCUT2D eigenvalue weighted by atomic mass is 19.4. The fourth-order valence-corrected chi connectivity index (χ4v) is 2.01. The van der Waals surface area contributed by atoms with Gasteiger partial charge in [0.15, 0.2) is 0 Å². The summed E-state index contributed by atoms with van der Waals surface area (Å²) in [5.41, 5.74) is 1.53. The summed E-state index contributed by atoms with van der Waals surface area (Å²) in [7, 11) is 0. The Morgan fingerprint density at radius 1 is 1.20 bits per heavy atom. The van der Waals surface area contributed by atoms with Crippen molar-refractivity contribution < 1.29 is 18.3 Å². The summed E-state index contributed by atoms with van der Waals surface area (Å²) < 4.78 is 37.4. The largest absolute Gasteiger partial charge is 0.405 e. The second-order valence-corrected chi connectivity index (χ2v) is 5.08. The van der Waals surface area contributed by atoms with Crippen molar-refractivity contribution in [3.63, 3.8) is 0 Å². The molecule has 1 aromatic carbocycles. The van der Waals surface area contributed by atoms with Crippen LogP contribution in [-0.2, 0) is 6.54 Å². The summed E-state index contributed by atoms with van der Waals surface area (Å²) in [5, 5.41) is 12.2. The molecule has 1 fully saturated rings. The summed E-state index contributed by atoms with van der Waals surface area (Å²) in [6.45, 7) is -0.641. The highest BCUT2D eigenvalue weighted by Crippen LogP contribution is 2.23. The molecule has 0 radical (unpaired) electrons. The maximum atomic E-state index is 12.5. The number of benzene rings is 1. The zero-order chi connectivity index (χ0) is 14.6. The average molecular weight is 288 g/mol. The minimum atomic E-state index is -4.28. The smallest absolute Gasteiger partial charge is 0.395 e. The van der Waals surface area contributed by atoms with Crippen molar-refractivity contribution in [2.45, 2.75) is 31.6 Å². The standard InChI is InChI=1S/C14H19F3N2O/c15-14(16,17)10-19(7-8-20)13-5-1-11(2-6-13)9-18-12-3-4-12/h1-2,5-6,12,18,20H,3-4,7-10H2. The van der Waals surface area contributed by atoms with Gasteiger partial charge in [0.05, 0.1) is 6.61 Å². The van der Waals surface area contributed by atoms with Gasteiger partial charge in [-0.15, -0.1) is 0 Å². The first-order valence-corrected chi connectivity index (χ1v) is 6.73. The molecule has 0 unspecified atom stereocenters. The molecule has 1 aromatic rings. The van der Waals surface area contributed by atoms with E-state index in [1.165, 1.54) is 12.8 Å². The van der Waals surface area contributed by atoms with Crippen molar-refractivity contribution in [1.82, 2.24) is 5.32 Å². The zero-order valence-electron chi connectivity index (χ0n) is 11.2. The van der Waals surface area contributed by atoms with Crippen molar-refractivity contribution in [1.29, 1.82) is 0 Å². The van der Waals surface area contributed by atoms with E-state index in [1.54, 1.807) is 12.1 Å². The van der Waals surface area contributed by atoms with Gasteiger partial charge in [-0.25, -0.2) is 0 Å². The normalized spacial score (nSPS) is 15.4. The zero-order valence-corrected chi connectivity index (χ0v) is 11.2. The first-order chi connectivity index (χ1) is 9.48. The highest BCUT2D eigenvalue weighted by Gasteiger charge is 2.30. The van der Waals surface area contributed by atoms with Gasteiger partial charge >= 0.3 is 6.18 Å². The quantitative estimate of drug-likeness (QED) is 0.808. The van der Waals surface area contributed by atoms with Crippen molar-refractivity contribution >= 4 is 5.69 Å². The number of aliphatic hydroxyl groups is 1. The van der Waals surface area contributed by atoms with Crippen molar-refractivity contribution in [2.24, 2.45) is 0 Å². The minimum absolute atomic E-state index is 0.0286. The maximum Gasteiger partial charge on any atom is 0.405 e. The Morgan fingerprint density at radius 2 is 1.85 bits per heavy atom. The molecule has 0 spiro atoms. The van der Waals surface area contributed by atoms with Crippen LogP contribution in [0, 0.1) is 0 Å². The van der Waals surface area contributed by atoms with E-state index in [1.807, 2.05) is 12.1 Å². The number of hydrogen-bond donors (Lipinski definition) is 2. The molecular formula is C14H19F3N2O. The van der Waals surface area contributed by atoms with Crippen LogP contribution < -0.4 is 10.2 Å². The fraction of sp³-hybridized carbons (Fsp3) is 0.571. The van der Waals surface area contributed by atoms with Gasteiger partial charge in [-0.1, -0.05) is 12.1 Å². The topological polar surface area (TPSA) is 35.5 Å². The van der Waals surface area contributed by atoms with E-state index >= 15 is 0 Å². The summed E-state index contributed by atoms with van der Waals surface area (Å²) in [6, 6.07) is 7.60. The third-order valence-electron chi connectivity index (χ3n) is 3.21. The molecule has 2 rings (SSSR count). The second-order valence-electron chi connectivity index (χ2n) is 5.08. The molecule has 0 aromatic heterocycles. The van der Waals surface area contributed by atoms with Crippen LogP contribution in [0.1, 0.15) is 18.4 Å². The molecule has 20 heavy (non-hydrogen) atoms. The third-order valence-corrected chi connectivity index (χ3v) is 3.21. The average Bonchev–Trinajstić information content (AvgIpc) is 3.19. The number of nitrogens with zero attached hydrogens (tertiary/aromatic N) is 1. The molecule has 1 aliphatic carbocycles. The van der Waals surface area contributed by atoms with Gasteiger partial charge in [-0.05, 0) is 30.5 Å². The lowest BCUT2D eigenvalue weighted by atomic mass is 10.2. The van der Waals surface area contributed by atoms with E-state index in [-0.39, 0.29) is 13.2 Å².